The van der Waals surface area contributed by atoms with Gasteiger partial charge in [-0.25, -0.2) is 0 Å². The SMILES string of the molecule is CC(=Cc1cc(Br)c2c(c1)OCO2)[N+](=O)[O-]. The minimum atomic E-state index is -0.432. The van der Waals surface area contributed by atoms with Crippen molar-refractivity contribution in [1.82, 2.24) is 0 Å². The number of nitro groups is 1. The molecule has 0 saturated heterocycles. The van der Waals surface area contributed by atoms with E-state index in [-0.39, 0.29) is 12.5 Å². The standard InChI is InChI=1S/C10H8BrNO4/c1-6(12(13)14)2-7-3-8(11)10-9(4-7)15-5-16-10/h2-4H,5H2,1H3. The van der Waals surface area contributed by atoms with E-state index in [0.717, 1.165) is 4.47 Å². The van der Waals surface area contributed by atoms with Gasteiger partial charge in [0.15, 0.2) is 11.5 Å². The molecule has 84 valence electrons. The Morgan fingerprint density at radius 1 is 1.56 bits per heavy atom. The molecule has 0 fully saturated rings. The second-order valence-corrected chi connectivity index (χ2v) is 4.13. The van der Waals surface area contributed by atoms with Crippen LogP contribution < -0.4 is 9.47 Å². The van der Waals surface area contributed by atoms with E-state index in [1.165, 1.54) is 13.0 Å². The molecule has 0 N–H and O–H groups in total. The Morgan fingerprint density at radius 2 is 2.31 bits per heavy atom. The summed E-state index contributed by atoms with van der Waals surface area (Å²) in [7, 11) is 0. The first-order chi connectivity index (χ1) is 7.58. The summed E-state index contributed by atoms with van der Waals surface area (Å²) in [5.41, 5.74) is 0.774. The molecule has 1 aliphatic rings. The summed E-state index contributed by atoms with van der Waals surface area (Å²) >= 11 is 3.32. The van der Waals surface area contributed by atoms with Gasteiger partial charge in [-0.15, -0.1) is 0 Å². The Labute approximate surface area is 99.9 Å². The smallest absolute Gasteiger partial charge is 0.243 e. The molecule has 16 heavy (non-hydrogen) atoms. The summed E-state index contributed by atoms with van der Waals surface area (Å²) in [4.78, 5) is 10.1. The van der Waals surface area contributed by atoms with Crippen molar-refractivity contribution >= 4 is 22.0 Å². The van der Waals surface area contributed by atoms with E-state index >= 15 is 0 Å². The maximum atomic E-state index is 10.5. The Kier molecular flexibility index (Phi) is 2.82. The van der Waals surface area contributed by atoms with Crippen LogP contribution in [0.4, 0.5) is 0 Å². The van der Waals surface area contributed by atoms with Gasteiger partial charge in [-0.3, -0.25) is 10.1 Å². The first-order valence-corrected chi connectivity index (χ1v) is 5.29. The summed E-state index contributed by atoms with van der Waals surface area (Å²) in [6.07, 6.45) is 1.48. The molecule has 1 aromatic carbocycles. The molecule has 5 nitrogen and oxygen atoms in total. The largest absolute Gasteiger partial charge is 0.454 e. The van der Waals surface area contributed by atoms with E-state index in [4.69, 9.17) is 9.47 Å². The van der Waals surface area contributed by atoms with Gasteiger partial charge in [0, 0.05) is 13.0 Å². The zero-order valence-electron chi connectivity index (χ0n) is 8.40. The topological polar surface area (TPSA) is 61.6 Å². The molecule has 1 heterocycles. The Morgan fingerprint density at radius 3 is 3.00 bits per heavy atom. The second kappa shape index (κ2) is 4.13. The minimum absolute atomic E-state index is 0.0748. The molecule has 6 heteroatoms. The molecule has 0 aromatic heterocycles. The lowest BCUT2D eigenvalue weighted by Crippen LogP contribution is -1.93. The fourth-order valence-corrected chi connectivity index (χ4v) is 1.94. The van der Waals surface area contributed by atoms with Gasteiger partial charge in [0.05, 0.1) is 9.40 Å². The van der Waals surface area contributed by atoms with Gasteiger partial charge in [-0.05, 0) is 33.6 Å². The fourth-order valence-electron chi connectivity index (χ4n) is 1.36. The second-order valence-electron chi connectivity index (χ2n) is 3.28. The Balaban J connectivity index is 2.41. The van der Waals surface area contributed by atoms with Crippen LogP contribution in [0, 0.1) is 10.1 Å². The zero-order valence-corrected chi connectivity index (χ0v) is 9.98. The highest BCUT2D eigenvalue weighted by atomic mass is 79.9. The Hall–Kier alpha value is -1.56. The average Bonchev–Trinajstić information content (AvgIpc) is 2.65. The molecule has 0 saturated carbocycles. The number of ether oxygens (including phenoxy) is 2. The third-order valence-corrected chi connectivity index (χ3v) is 2.70. The number of benzene rings is 1. The maximum absolute atomic E-state index is 10.5. The first kappa shape index (κ1) is 10.9. The van der Waals surface area contributed by atoms with Gasteiger partial charge in [0.25, 0.3) is 0 Å². The quantitative estimate of drug-likeness (QED) is 0.619. The van der Waals surface area contributed by atoms with Gasteiger partial charge in [0.1, 0.15) is 0 Å². The van der Waals surface area contributed by atoms with Crippen molar-refractivity contribution in [3.63, 3.8) is 0 Å². The van der Waals surface area contributed by atoms with Crippen molar-refractivity contribution in [2.45, 2.75) is 6.92 Å². The van der Waals surface area contributed by atoms with Crippen LogP contribution in [0.15, 0.2) is 22.3 Å². The lowest BCUT2D eigenvalue weighted by Gasteiger charge is -2.01. The molecule has 0 radical (unpaired) electrons. The number of fused-ring (bicyclic) bond motifs is 1. The van der Waals surface area contributed by atoms with E-state index in [2.05, 4.69) is 15.9 Å². The normalized spacial score (nSPS) is 14.0. The van der Waals surface area contributed by atoms with Crippen molar-refractivity contribution in [3.8, 4) is 11.5 Å². The van der Waals surface area contributed by atoms with E-state index in [1.54, 1.807) is 12.1 Å². The lowest BCUT2D eigenvalue weighted by molar-refractivity contribution is -0.422. The van der Waals surface area contributed by atoms with E-state index in [0.29, 0.717) is 17.1 Å². The average molecular weight is 286 g/mol. The summed E-state index contributed by atoms with van der Waals surface area (Å²) in [5.74, 6) is 1.23. The number of hydrogen-bond acceptors (Lipinski definition) is 4. The first-order valence-electron chi connectivity index (χ1n) is 4.50. The highest BCUT2D eigenvalue weighted by molar-refractivity contribution is 9.10. The molecular weight excluding hydrogens is 278 g/mol. The molecule has 1 aliphatic heterocycles. The number of nitrogens with zero attached hydrogens (tertiary/aromatic N) is 1. The number of halogens is 1. The maximum Gasteiger partial charge on any atom is 0.243 e. The van der Waals surface area contributed by atoms with Gasteiger partial charge in [-0.1, -0.05) is 0 Å². The molecule has 0 atom stereocenters. The molecule has 2 rings (SSSR count). The third-order valence-electron chi connectivity index (χ3n) is 2.11. The van der Waals surface area contributed by atoms with Crippen molar-refractivity contribution in [2.75, 3.05) is 6.79 Å². The van der Waals surface area contributed by atoms with E-state index in [9.17, 15) is 10.1 Å². The van der Waals surface area contributed by atoms with Crippen LogP contribution in [0.25, 0.3) is 6.08 Å². The number of allylic oxidation sites excluding steroid dienone is 1. The summed E-state index contributed by atoms with van der Waals surface area (Å²) < 4.78 is 11.2. The van der Waals surface area contributed by atoms with E-state index in [1.807, 2.05) is 0 Å². The molecule has 0 amide bonds. The van der Waals surface area contributed by atoms with Crippen molar-refractivity contribution in [1.29, 1.82) is 0 Å². The summed E-state index contributed by atoms with van der Waals surface area (Å²) in [6.45, 7) is 1.62. The monoisotopic (exact) mass is 285 g/mol. The van der Waals surface area contributed by atoms with Crippen LogP contribution in [0.5, 0.6) is 11.5 Å². The predicted molar refractivity (Wildman–Crippen MR) is 60.9 cm³/mol. The number of hydrogen-bond donors (Lipinski definition) is 0. The third kappa shape index (κ3) is 2.01. The molecule has 1 aromatic rings. The fraction of sp³-hybridized carbons (Fsp3) is 0.200. The molecule has 0 bridgehead atoms. The molecule has 0 spiro atoms. The van der Waals surface area contributed by atoms with Crippen LogP contribution in [0.1, 0.15) is 12.5 Å². The van der Waals surface area contributed by atoms with Gasteiger partial charge in [-0.2, -0.15) is 0 Å². The van der Waals surface area contributed by atoms with Crippen LogP contribution in [-0.4, -0.2) is 11.7 Å². The van der Waals surface area contributed by atoms with Crippen molar-refractivity contribution in [3.05, 3.63) is 38.0 Å². The molecular formula is C10H8BrNO4. The summed E-state index contributed by atoms with van der Waals surface area (Å²) in [6, 6.07) is 3.46. The van der Waals surface area contributed by atoms with Gasteiger partial charge < -0.3 is 9.47 Å². The minimum Gasteiger partial charge on any atom is -0.454 e. The highest BCUT2D eigenvalue weighted by Crippen LogP contribution is 2.40. The van der Waals surface area contributed by atoms with Crippen molar-refractivity contribution < 1.29 is 14.4 Å². The molecule has 0 aliphatic carbocycles. The predicted octanol–water partition coefficient (Wildman–Crippen LogP) is 2.82. The summed E-state index contributed by atoms with van der Waals surface area (Å²) in [5, 5.41) is 10.5. The Bertz CT molecular complexity index is 484. The van der Waals surface area contributed by atoms with Crippen LogP contribution in [0.2, 0.25) is 0 Å². The van der Waals surface area contributed by atoms with Crippen LogP contribution in [-0.2, 0) is 0 Å². The number of rotatable bonds is 2. The lowest BCUT2D eigenvalue weighted by atomic mass is 10.2. The van der Waals surface area contributed by atoms with E-state index < -0.39 is 4.92 Å². The van der Waals surface area contributed by atoms with Crippen LogP contribution in [0.3, 0.4) is 0 Å². The molecule has 0 unspecified atom stereocenters. The highest BCUT2D eigenvalue weighted by Gasteiger charge is 2.17. The van der Waals surface area contributed by atoms with Gasteiger partial charge in [0.2, 0.25) is 12.5 Å². The van der Waals surface area contributed by atoms with Gasteiger partial charge >= 0.3 is 0 Å². The zero-order chi connectivity index (χ0) is 11.7. The van der Waals surface area contributed by atoms with Crippen molar-refractivity contribution in [2.24, 2.45) is 0 Å². The van der Waals surface area contributed by atoms with Crippen LogP contribution >= 0.6 is 15.9 Å².